The fraction of sp³-hybridized carbons (Fsp3) is 0.565. The van der Waals surface area contributed by atoms with Crippen molar-refractivity contribution in [3.05, 3.63) is 70.9 Å². The highest BCUT2D eigenvalue weighted by atomic mass is 16.6. The van der Waals surface area contributed by atoms with Crippen LogP contribution in [0.25, 0.3) is 10.9 Å². The molecule has 2 saturated heterocycles. The molecule has 1 aromatic heterocycles. The number of benzene rings is 2. The van der Waals surface area contributed by atoms with Crippen LogP contribution < -0.4 is 9.64 Å². The van der Waals surface area contributed by atoms with Crippen molar-refractivity contribution >= 4 is 40.9 Å². The molecule has 1 amide bonds. The third-order valence-corrected chi connectivity index (χ3v) is 15.5. The molecule has 1 spiro atoms. The van der Waals surface area contributed by atoms with E-state index in [2.05, 4.69) is 20.9 Å². The average Bonchev–Trinajstić information content (AvgIpc) is 3.92. The summed E-state index contributed by atoms with van der Waals surface area (Å²) >= 11 is 0. The minimum atomic E-state index is -2.53. The second-order valence-corrected chi connectivity index (χ2v) is 18.1. The normalized spacial score (nSPS) is 36.5. The largest absolute Gasteiger partial charge is 0.496 e. The summed E-state index contributed by atoms with van der Waals surface area (Å²) in [6.07, 6.45) is 5.83. The molecule has 14 heteroatoms. The maximum absolute atomic E-state index is 15.3. The molecule has 3 aromatic rings. The van der Waals surface area contributed by atoms with Gasteiger partial charge >= 0.3 is 17.9 Å². The highest BCUT2D eigenvalue weighted by Gasteiger charge is 2.81. The zero-order valence-electron chi connectivity index (χ0n) is 35.3. The first-order valence-electron chi connectivity index (χ1n) is 21.3. The lowest BCUT2D eigenvalue weighted by atomic mass is 9.47. The monoisotopic (exact) mass is 824 g/mol. The van der Waals surface area contributed by atoms with Crippen molar-refractivity contribution in [1.82, 2.24) is 14.8 Å². The van der Waals surface area contributed by atoms with Crippen molar-refractivity contribution in [2.75, 3.05) is 59.0 Å². The molecule has 9 rings (SSSR count). The molecular formula is C46H56N4O10. The summed E-state index contributed by atoms with van der Waals surface area (Å²) in [5, 5.41) is 26.3. The number of piperidine rings is 1. The Labute approximate surface area is 349 Å². The molecule has 3 N–H and O–H groups in total. The quantitative estimate of drug-likeness (QED) is 0.131. The average molecular weight is 825 g/mol. The van der Waals surface area contributed by atoms with Crippen molar-refractivity contribution in [1.29, 1.82) is 0 Å². The standard InChI is InChI=1S/C46H56N4O10/c1-7-42(55)22-28-23-45(40(53)58-5,36-30(14-18-48(24-28)25-42)29-12-9-10-13-33(29)47-36)32-20-31-34(21-35(32)57-4)50(26-51)38-44(31)16-19-49-17-11-15-43(8-2,37(44)49)39(60-27(3)52)46(38,56)41(54)59-6/h9-13,15,20-21,26,28,37-39,47,55-56H,7-8,14,16-19,22-25H2,1-6H3/t28-,37?,38?,39-,42+,43-,44-,45+,46+/m1/s1. The molecule has 10 atom stereocenters. The van der Waals surface area contributed by atoms with Crippen LogP contribution in [0.5, 0.6) is 5.75 Å². The van der Waals surface area contributed by atoms with E-state index < -0.39 is 63.5 Å². The van der Waals surface area contributed by atoms with Gasteiger partial charge in [0, 0.05) is 78.2 Å². The zero-order valence-corrected chi connectivity index (χ0v) is 35.3. The highest BCUT2D eigenvalue weighted by molar-refractivity contribution is 5.96. The summed E-state index contributed by atoms with van der Waals surface area (Å²) in [4.78, 5) is 66.1. The third-order valence-electron chi connectivity index (χ3n) is 15.5. The molecule has 60 heavy (non-hydrogen) atoms. The second-order valence-electron chi connectivity index (χ2n) is 18.1. The Morgan fingerprint density at radius 2 is 1.73 bits per heavy atom. The van der Waals surface area contributed by atoms with Crippen molar-refractivity contribution in [3.8, 4) is 5.75 Å². The molecular weight excluding hydrogens is 769 g/mol. The maximum atomic E-state index is 15.3. The Hall–Kier alpha value is -4.76. The van der Waals surface area contributed by atoms with Gasteiger partial charge in [-0.15, -0.1) is 0 Å². The first-order chi connectivity index (χ1) is 28.8. The number of hydrogen-bond donors (Lipinski definition) is 3. The second kappa shape index (κ2) is 14.1. The van der Waals surface area contributed by atoms with E-state index in [9.17, 15) is 24.6 Å². The van der Waals surface area contributed by atoms with Crippen molar-refractivity contribution < 1.29 is 48.3 Å². The molecule has 320 valence electrons. The lowest BCUT2D eigenvalue weighted by Gasteiger charge is -2.63. The number of aromatic nitrogens is 1. The minimum absolute atomic E-state index is 0.155. The van der Waals surface area contributed by atoms with E-state index in [1.54, 1.807) is 6.07 Å². The van der Waals surface area contributed by atoms with Crippen LogP contribution >= 0.6 is 0 Å². The number of anilines is 1. The van der Waals surface area contributed by atoms with Crippen LogP contribution in [0.1, 0.15) is 75.3 Å². The zero-order chi connectivity index (χ0) is 42.6. The lowest BCUT2D eigenvalue weighted by molar-refractivity contribution is -0.228. The number of ether oxygens (including phenoxy) is 4. The van der Waals surface area contributed by atoms with Gasteiger partial charge < -0.3 is 39.0 Å². The van der Waals surface area contributed by atoms with Gasteiger partial charge in [-0.25, -0.2) is 4.79 Å². The number of rotatable bonds is 8. The maximum Gasteiger partial charge on any atom is 0.344 e. The van der Waals surface area contributed by atoms with Gasteiger partial charge in [0.15, 0.2) is 6.10 Å². The molecule has 0 radical (unpaired) electrons. The molecule has 6 aliphatic rings. The van der Waals surface area contributed by atoms with Crippen molar-refractivity contribution in [2.45, 2.75) is 99.5 Å². The van der Waals surface area contributed by atoms with Gasteiger partial charge in [0.2, 0.25) is 12.0 Å². The van der Waals surface area contributed by atoms with E-state index >= 15 is 4.79 Å². The number of hydrogen-bond acceptors (Lipinski definition) is 12. The predicted octanol–water partition coefficient (Wildman–Crippen LogP) is 3.52. The van der Waals surface area contributed by atoms with Crippen LogP contribution in [-0.4, -0.2) is 133 Å². The number of carbonyl (C=O) groups excluding carboxylic acids is 4. The van der Waals surface area contributed by atoms with Gasteiger partial charge in [-0.1, -0.05) is 44.2 Å². The van der Waals surface area contributed by atoms with E-state index in [0.29, 0.717) is 99.5 Å². The van der Waals surface area contributed by atoms with Crippen LogP contribution in [0.4, 0.5) is 5.69 Å². The van der Waals surface area contributed by atoms with Gasteiger partial charge in [-0.3, -0.25) is 24.2 Å². The van der Waals surface area contributed by atoms with Gasteiger partial charge in [0.25, 0.3) is 0 Å². The molecule has 2 aromatic carbocycles. The molecule has 3 fully saturated rings. The summed E-state index contributed by atoms with van der Waals surface area (Å²) in [6.45, 7) is 8.16. The fourth-order valence-corrected chi connectivity index (χ4v) is 13.4. The van der Waals surface area contributed by atoms with E-state index in [0.717, 1.165) is 16.5 Å². The number of methoxy groups -OCH3 is 3. The molecule has 6 heterocycles. The Kier molecular flexibility index (Phi) is 9.58. The topological polar surface area (TPSA) is 171 Å². The summed E-state index contributed by atoms with van der Waals surface area (Å²) in [5.74, 6) is -2.06. The summed E-state index contributed by atoms with van der Waals surface area (Å²) in [7, 11) is 4.09. The fourth-order valence-electron chi connectivity index (χ4n) is 13.4. The Balaban J connectivity index is 1.38. The van der Waals surface area contributed by atoms with Crippen LogP contribution in [0.2, 0.25) is 0 Å². The third kappa shape index (κ3) is 5.19. The molecule has 1 saturated carbocycles. The van der Waals surface area contributed by atoms with Gasteiger partial charge in [-0.2, -0.15) is 0 Å². The Bertz CT molecular complexity index is 2310. The number of H-pyrrole nitrogens is 1. The Morgan fingerprint density at radius 1 is 0.967 bits per heavy atom. The summed E-state index contributed by atoms with van der Waals surface area (Å²) in [5.41, 5.74) is -3.15. The number of para-hydroxylation sites is 1. The van der Waals surface area contributed by atoms with E-state index in [4.69, 9.17) is 18.9 Å². The van der Waals surface area contributed by atoms with Crippen LogP contribution in [0.3, 0.4) is 0 Å². The number of amides is 1. The number of fused-ring (bicyclic) bond motifs is 6. The molecule has 2 bridgehead atoms. The first-order valence-corrected chi connectivity index (χ1v) is 21.3. The van der Waals surface area contributed by atoms with Crippen LogP contribution in [-0.2, 0) is 50.6 Å². The van der Waals surface area contributed by atoms with Gasteiger partial charge in [0.1, 0.15) is 11.2 Å². The number of carbonyl (C=O) groups is 4. The number of nitrogens with one attached hydrogen (secondary N) is 1. The molecule has 1 aliphatic carbocycles. The van der Waals surface area contributed by atoms with Gasteiger partial charge in [0.05, 0.1) is 38.7 Å². The van der Waals surface area contributed by atoms with Crippen molar-refractivity contribution in [2.24, 2.45) is 11.3 Å². The summed E-state index contributed by atoms with van der Waals surface area (Å²) in [6, 6.07) is 9.97. The highest BCUT2D eigenvalue weighted by Crippen LogP contribution is 2.68. The number of esters is 3. The van der Waals surface area contributed by atoms with Crippen LogP contribution in [0.15, 0.2) is 48.6 Å². The predicted molar refractivity (Wildman–Crippen MR) is 221 cm³/mol. The van der Waals surface area contributed by atoms with E-state index in [1.165, 1.54) is 33.2 Å². The van der Waals surface area contributed by atoms with E-state index in [1.807, 2.05) is 50.3 Å². The molecule has 5 aliphatic heterocycles. The summed E-state index contributed by atoms with van der Waals surface area (Å²) < 4.78 is 23.7. The lowest BCUT2D eigenvalue weighted by Crippen LogP contribution is -2.81. The SMILES string of the molecule is CC[C@]1(O)C[C@H]2CN(CCc3c([nH]c4ccccc34)[C@@](C(=O)OC)(c3cc4c(cc3OC)N(C=O)C3[C@]45CCN4CC=C[C@](CC)(C45)[C@@H](OC(C)=O)[C@]3(O)C(=O)OC)C2)C1. The van der Waals surface area contributed by atoms with Crippen LogP contribution in [0, 0.1) is 11.3 Å². The van der Waals surface area contributed by atoms with E-state index in [-0.39, 0.29) is 12.3 Å². The molecule has 3 unspecified atom stereocenters. The number of nitrogens with zero attached hydrogens (tertiary/aromatic N) is 3. The smallest absolute Gasteiger partial charge is 0.344 e. The minimum Gasteiger partial charge on any atom is -0.496 e. The van der Waals surface area contributed by atoms with Gasteiger partial charge in [-0.05, 0) is 74.2 Å². The number of aromatic amines is 1. The first kappa shape index (κ1) is 40.6. The van der Waals surface area contributed by atoms with Crippen molar-refractivity contribution in [3.63, 3.8) is 0 Å². The Morgan fingerprint density at radius 3 is 2.42 bits per heavy atom. The molecule has 14 nitrogen and oxygen atoms in total. The number of aliphatic hydroxyl groups is 2.